The number of fused-ring (bicyclic) bond motifs is 1. The first-order valence-electron chi connectivity index (χ1n) is 8.19. The highest BCUT2D eigenvalue weighted by molar-refractivity contribution is 8.00. The molecule has 0 fully saturated rings. The van der Waals surface area contributed by atoms with E-state index in [4.69, 9.17) is 4.74 Å². The summed E-state index contributed by atoms with van der Waals surface area (Å²) in [6, 6.07) is 3.89. The van der Waals surface area contributed by atoms with Gasteiger partial charge in [-0.1, -0.05) is 13.8 Å². The van der Waals surface area contributed by atoms with Gasteiger partial charge in [-0.3, -0.25) is 14.9 Å². The van der Waals surface area contributed by atoms with Crippen molar-refractivity contribution in [2.75, 3.05) is 12.4 Å². The van der Waals surface area contributed by atoms with Crippen LogP contribution in [0.25, 0.3) is 0 Å². The van der Waals surface area contributed by atoms with Crippen LogP contribution in [0.15, 0.2) is 23.1 Å². The van der Waals surface area contributed by atoms with Crippen molar-refractivity contribution in [3.05, 3.63) is 33.9 Å². The van der Waals surface area contributed by atoms with Gasteiger partial charge in [-0.05, 0) is 30.9 Å². The second kappa shape index (κ2) is 8.33. The first-order chi connectivity index (χ1) is 11.8. The Kier molecular flexibility index (Phi) is 6.41. The Balaban J connectivity index is 2.37. The molecule has 1 aromatic rings. The third-order valence-electron chi connectivity index (χ3n) is 3.90. The number of non-ortho nitro benzene ring substituents is 1. The third kappa shape index (κ3) is 4.72. The Hall–Kier alpha value is -2.09. The summed E-state index contributed by atoms with van der Waals surface area (Å²) in [5.41, 5.74) is 0.660. The third-order valence-corrected chi connectivity index (χ3v) is 5.00. The van der Waals surface area contributed by atoms with Gasteiger partial charge in [0.05, 0.1) is 17.3 Å². The Bertz CT molecular complexity index is 677. The molecule has 2 rings (SSSR count). The molecule has 25 heavy (non-hydrogen) atoms. The van der Waals surface area contributed by atoms with Gasteiger partial charge < -0.3 is 9.64 Å². The van der Waals surface area contributed by atoms with Crippen molar-refractivity contribution in [3.8, 4) is 0 Å². The molecule has 136 valence electrons. The molecule has 0 aliphatic carbocycles. The monoisotopic (exact) mass is 366 g/mol. The Labute approximate surface area is 150 Å². The lowest BCUT2D eigenvalue weighted by Crippen LogP contribution is -2.46. The molecule has 1 amide bonds. The minimum absolute atomic E-state index is 0.0230. The highest BCUT2D eigenvalue weighted by Gasteiger charge is 2.34. The zero-order valence-electron chi connectivity index (χ0n) is 14.6. The van der Waals surface area contributed by atoms with E-state index in [0.29, 0.717) is 12.0 Å². The predicted molar refractivity (Wildman–Crippen MR) is 94.2 cm³/mol. The van der Waals surface area contributed by atoms with E-state index in [-0.39, 0.29) is 36.4 Å². The van der Waals surface area contributed by atoms with Crippen LogP contribution < -0.4 is 0 Å². The largest absolute Gasteiger partial charge is 0.464 e. The van der Waals surface area contributed by atoms with Gasteiger partial charge in [0, 0.05) is 23.6 Å². The smallest absolute Gasteiger partial charge is 0.328 e. The van der Waals surface area contributed by atoms with E-state index in [1.54, 1.807) is 13.0 Å². The van der Waals surface area contributed by atoms with E-state index in [1.807, 2.05) is 13.8 Å². The lowest BCUT2D eigenvalue weighted by molar-refractivity contribution is -0.385. The molecule has 0 saturated carbocycles. The second-order valence-corrected chi connectivity index (χ2v) is 7.27. The van der Waals surface area contributed by atoms with Crippen LogP contribution in [0.2, 0.25) is 0 Å². The molecule has 1 unspecified atom stereocenters. The lowest BCUT2D eigenvalue weighted by Gasteiger charge is -2.30. The number of hydrogen-bond donors (Lipinski definition) is 0. The van der Waals surface area contributed by atoms with E-state index < -0.39 is 16.9 Å². The van der Waals surface area contributed by atoms with E-state index in [0.717, 1.165) is 4.90 Å². The standard InChI is InChI=1S/C17H22N2O5S/c1-4-24-17(21)14(7-11(2)3)18-9-12-8-13(19(22)23)5-6-15(12)25-10-16(18)20/h5-6,8,11,14H,4,7,9-10H2,1-3H3. The number of carbonyl (C=O) groups excluding carboxylic acids is 2. The van der Waals surface area contributed by atoms with Gasteiger partial charge in [0.25, 0.3) is 5.69 Å². The minimum Gasteiger partial charge on any atom is -0.464 e. The van der Waals surface area contributed by atoms with Crippen LogP contribution >= 0.6 is 11.8 Å². The first kappa shape index (κ1) is 19.2. The minimum atomic E-state index is -0.682. The molecule has 1 aliphatic heterocycles. The lowest BCUT2D eigenvalue weighted by atomic mass is 10.0. The Morgan fingerprint density at radius 2 is 2.16 bits per heavy atom. The molecule has 0 radical (unpaired) electrons. The summed E-state index contributed by atoms with van der Waals surface area (Å²) < 4.78 is 5.15. The molecular formula is C17H22N2O5S. The molecule has 0 aromatic heterocycles. The maximum atomic E-state index is 12.6. The zero-order valence-corrected chi connectivity index (χ0v) is 15.4. The molecule has 7 nitrogen and oxygen atoms in total. The van der Waals surface area contributed by atoms with Crippen LogP contribution in [0.4, 0.5) is 5.69 Å². The van der Waals surface area contributed by atoms with Gasteiger partial charge in [-0.25, -0.2) is 4.79 Å². The fraction of sp³-hybridized carbons (Fsp3) is 0.529. The molecule has 0 bridgehead atoms. The predicted octanol–water partition coefficient (Wildman–Crippen LogP) is 3.01. The van der Waals surface area contributed by atoms with Crippen molar-refractivity contribution in [3.63, 3.8) is 0 Å². The summed E-state index contributed by atoms with van der Waals surface area (Å²) in [7, 11) is 0. The van der Waals surface area contributed by atoms with Gasteiger partial charge in [0.15, 0.2) is 0 Å². The van der Waals surface area contributed by atoms with Gasteiger partial charge in [0.1, 0.15) is 6.04 Å². The highest BCUT2D eigenvalue weighted by Crippen LogP contribution is 2.32. The van der Waals surface area contributed by atoms with Crippen molar-refractivity contribution in [2.45, 2.75) is 44.7 Å². The quantitative estimate of drug-likeness (QED) is 0.437. The number of ether oxygens (including phenoxy) is 1. The summed E-state index contributed by atoms with van der Waals surface area (Å²) in [4.78, 5) is 37.9. The van der Waals surface area contributed by atoms with Crippen molar-refractivity contribution in [1.82, 2.24) is 4.90 Å². The summed E-state index contributed by atoms with van der Waals surface area (Å²) in [5.74, 6) is -0.201. The van der Waals surface area contributed by atoms with Crippen LogP contribution in [0.5, 0.6) is 0 Å². The number of thioether (sulfide) groups is 1. The average Bonchev–Trinajstić information content (AvgIpc) is 2.71. The number of hydrogen-bond acceptors (Lipinski definition) is 6. The molecule has 1 atom stereocenters. The van der Waals surface area contributed by atoms with Gasteiger partial charge in [0.2, 0.25) is 5.91 Å². The van der Waals surface area contributed by atoms with E-state index in [2.05, 4.69) is 0 Å². The van der Waals surface area contributed by atoms with Crippen molar-refractivity contribution < 1.29 is 19.2 Å². The summed E-state index contributed by atoms with van der Waals surface area (Å²) in [5, 5.41) is 11.0. The number of esters is 1. The Morgan fingerprint density at radius 1 is 1.44 bits per heavy atom. The molecular weight excluding hydrogens is 344 g/mol. The van der Waals surface area contributed by atoms with Crippen LogP contribution in [0.3, 0.4) is 0 Å². The maximum Gasteiger partial charge on any atom is 0.328 e. The van der Waals surface area contributed by atoms with E-state index >= 15 is 0 Å². The number of rotatable bonds is 6. The number of nitrogens with zero attached hydrogens (tertiary/aromatic N) is 2. The molecule has 1 heterocycles. The SMILES string of the molecule is CCOC(=O)C(CC(C)C)N1Cc2cc([N+](=O)[O-])ccc2SCC1=O. The average molecular weight is 366 g/mol. The summed E-state index contributed by atoms with van der Waals surface area (Å²) >= 11 is 1.34. The number of amides is 1. The van der Waals surface area contributed by atoms with Crippen LogP contribution in [0.1, 0.15) is 32.8 Å². The van der Waals surface area contributed by atoms with Gasteiger partial charge in [-0.2, -0.15) is 0 Å². The van der Waals surface area contributed by atoms with Gasteiger partial charge in [-0.15, -0.1) is 11.8 Å². The van der Waals surface area contributed by atoms with Crippen molar-refractivity contribution in [1.29, 1.82) is 0 Å². The topological polar surface area (TPSA) is 89.8 Å². The fourth-order valence-corrected chi connectivity index (χ4v) is 3.68. The fourth-order valence-electron chi connectivity index (χ4n) is 2.76. The molecule has 1 aliphatic rings. The van der Waals surface area contributed by atoms with Crippen LogP contribution in [-0.2, 0) is 20.9 Å². The van der Waals surface area contributed by atoms with Crippen LogP contribution in [-0.4, -0.2) is 40.1 Å². The highest BCUT2D eigenvalue weighted by atomic mass is 32.2. The van der Waals surface area contributed by atoms with Crippen molar-refractivity contribution >= 4 is 29.3 Å². The zero-order chi connectivity index (χ0) is 18.6. The maximum absolute atomic E-state index is 12.6. The molecule has 0 saturated heterocycles. The molecule has 0 spiro atoms. The first-order valence-corrected chi connectivity index (χ1v) is 9.18. The number of benzene rings is 1. The second-order valence-electron chi connectivity index (χ2n) is 6.26. The molecule has 1 aromatic carbocycles. The molecule has 8 heteroatoms. The van der Waals surface area contributed by atoms with Crippen molar-refractivity contribution in [2.24, 2.45) is 5.92 Å². The Morgan fingerprint density at radius 3 is 2.76 bits per heavy atom. The van der Waals surface area contributed by atoms with Crippen LogP contribution in [0, 0.1) is 16.0 Å². The number of carbonyl (C=O) groups is 2. The normalized spacial score (nSPS) is 15.5. The summed E-state index contributed by atoms with van der Waals surface area (Å²) in [6.45, 7) is 6.08. The number of nitro benzene ring substituents is 1. The van der Waals surface area contributed by atoms with E-state index in [9.17, 15) is 19.7 Å². The van der Waals surface area contributed by atoms with E-state index in [1.165, 1.54) is 28.8 Å². The summed E-state index contributed by atoms with van der Waals surface area (Å²) in [6.07, 6.45) is 0.486. The molecule has 0 N–H and O–H groups in total. The number of nitro groups is 1. The van der Waals surface area contributed by atoms with Gasteiger partial charge >= 0.3 is 5.97 Å².